The van der Waals surface area contributed by atoms with Crippen LogP contribution >= 0.6 is 0 Å². The van der Waals surface area contributed by atoms with Gasteiger partial charge >= 0.3 is 5.97 Å². The maximum Gasteiger partial charge on any atom is 0.323 e. The molecule has 0 saturated heterocycles. The summed E-state index contributed by atoms with van der Waals surface area (Å²) in [4.78, 5) is 11.7. The lowest BCUT2D eigenvalue weighted by Crippen LogP contribution is -2.36. The smallest absolute Gasteiger partial charge is 0.323 e. The molecular formula is C12H21NO2. The number of carbonyl (C=O) groups is 1. The van der Waals surface area contributed by atoms with Crippen LogP contribution in [0.25, 0.3) is 0 Å². The van der Waals surface area contributed by atoms with Crippen LogP contribution in [0.1, 0.15) is 51.4 Å². The Bertz CT molecular complexity index is 218. The zero-order valence-corrected chi connectivity index (χ0v) is 9.28. The van der Waals surface area contributed by atoms with Gasteiger partial charge in [-0.25, -0.2) is 0 Å². The van der Waals surface area contributed by atoms with Crippen LogP contribution in [0.3, 0.4) is 0 Å². The zero-order chi connectivity index (χ0) is 10.7. The Morgan fingerprint density at radius 2 is 1.67 bits per heavy atom. The summed E-state index contributed by atoms with van der Waals surface area (Å²) in [5.41, 5.74) is 5.80. The van der Waals surface area contributed by atoms with E-state index in [0.29, 0.717) is 5.92 Å². The van der Waals surface area contributed by atoms with Crippen LogP contribution in [0.2, 0.25) is 0 Å². The topological polar surface area (TPSA) is 52.3 Å². The van der Waals surface area contributed by atoms with Crippen LogP contribution < -0.4 is 5.73 Å². The summed E-state index contributed by atoms with van der Waals surface area (Å²) in [5.74, 6) is 0.243. The lowest BCUT2D eigenvalue weighted by molar-refractivity contribution is -0.151. The third kappa shape index (κ3) is 3.20. The Morgan fingerprint density at radius 3 is 2.20 bits per heavy atom. The van der Waals surface area contributed by atoms with Crippen LogP contribution in [0.5, 0.6) is 0 Å². The summed E-state index contributed by atoms with van der Waals surface area (Å²) in [6, 6.07) is -0.353. The highest BCUT2D eigenvalue weighted by molar-refractivity contribution is 5.76. The van der Waals surface area contributed by atoms with E-state index in [4.69, 9.17) is 10.5 Å². The quantitative estimate of drug-likeness (QED) is 0.573. The number of carbonyl (C=O) groups excluding carboxylic acids is 1. The summed E-state index contributed by atoms with van der Waals surface area (Å²) in [6.07, 6.45) is 9.34. The van der Waals surface area contributed by atoms with E-state index in [1.165, 1.54) is 25.7 Å². The maximum absolute atomic E-state index is 11.7. The predicted molar refractivity (Wildman–Crippen MR) is 58.3 cm³/mol. The molecule has 15 heavy (non-hydrogen) atoms. The van der Waals surface area contributed by atoms with Gasteiger partial charge in [-0.2, -0.15) is 0 Å². The first kappa shape index (κ1) is 10.9. The normalized spacial score (nSPS) is 25.7. The molecule has 0 heterocycles. The van der Waals surface area contributed by atoms with Crippen LogP contribution in [0, 0.1) is 5.92 Å². The van der Waals surface area contributed by atoms with Gasteiger partial charge in [0.2, 0.25) is 0 Å². The van der Waals surface area contributed by atoms with Crippen molar-refractivity contribution in [3.05, 3.63) is 0 Å². The predicted octanol–water partition coefficient (Wildman–Crippen LogP) is 1.99. The monoisotopic (exact) mass is 211 g/mol. The van der Waals surface area contributed by atoms with Crippen molar-refractivity contribution < 1.29 is 9.53 Å². The molecule has 0 spiro atoms. The summed E-state index contributed by atoms with van der Waals surface area (Å²) in [5, 5.41) is 0. The van der Waals surface area contributed by atoms with E-state index in [9.17, 15) is 4.79 Å². The van der Waals surface area contributed by atoms with Gasteiger partial charge in [0, 0.05) is 0 Å². The average Bonchev–Trinajstić information content (AvgIpc) is 3.04. The Morgan fingerprint density at radius 1 is 1.07 bits per heavy atom. The molecule has 2 rings (SSSR count). The van der Waals surface area contributed by atoms with E-state index in [2.05, 4.69) is 0 Å². The van der Waals surface area contributed by atoms with E-state index >= 15 is 0 Å². The first-order valence-corrected chi connectivity index (χ1v) is 6.23. The highest BCUT2D eigenvalue weighted by atomic mass is 16.5. The zero-order valence-electron chi connectivity index (χ0n) is 9.28. The van der Waals surface area contributed by atoms with Crippen molar-refractivity contribution in [2.24, 2.45) is 11.7 Å². The molecule has 2 fully saturated rings. The van der Waals surface area contributed by atoms with Crippen LogP contribution in [-0.2, 0) is 9.53 Å². The first-order chi connectivity index (χ1) is 7.27. The molecule has 0 aromatic rings. The molecule has 2 aliphatic carbocycles. The van der Waals surface area contributed by atoms with Gasteiger partial charge in [0.25, 0.3) is 0 Å². The fourth-order valence-corrected chi connectivity index (χ4v) is 2.25. The summed E-state index contributed by atoms with van der Waals surface area (Å²) in [7, 11) is 0. The molecule has 3 heteroatoms. The van der Waals surface area contributed by atoms with Crippen LogP contribution in [0.4, 0.5) is 0 Å². The number of nitrogens with two attached hydrogens (primary N) is 1. The van der Waals surface area contributed by atoms with Gasteiger partial charge in [-0.15, -0.1) is 0 Å². The van der Waals surface area contributed by atoms with Gasteiger partial charge in [0.1, 0.15) is 12.1 Å². The number of hydrogen-bond donors (Lipinski definition) is 1. The van der Waals surface area contributed by atoms with Crippen molar-refractivity contribution >= 4 is 5.97 Å². The molecule has 2 saturated carbocycles. The molecular weight excluding hydrogens is 190 g/mol. The summed E-state index contributed by atoms with van der Waals surface area (Å²) in [6.45, 7) is 0. The van der Waals surface area contributed by atoms with Crippen molar-refractivity contribution in [2.75, 3.05) is 0 Å². The van der Waals surface area contributed by atoms with Crippen molar-refractivity contribution in [3.63, 3.8) is 0 Å². The highest BCUT2D eigenvalue weighted by Gasteiger charge is 2.35. The number of rotatable bonds is 3. The molecule has 0 aliphatic heterocycles. The molecule has 2 N–H and O–H groups in total. The Hall–Kier alpha value is -0.570. The minimum atomic E-state index is -0.353. The minimum absolute atomic E-state index is 0.143. The largest absolute Gasteiger partial charge is 0.461 e. The van der Waals surface area contributed by atoms with Gasteiger partial charge in [0.15, 0.2) is 0 Å². The van der Waals surface area contributed by atoms with Crippen molar-refractivity contribution in [3.8, 4) is 0 Å². The fourth-order valence-electron chi connectivity index (χ4n) is 2.25. The third-order valence-corrected chi connectivity index (χ3v) is 3.49. The van der Waals surface area contributed by atoms with E-state index in [-0.39, 0.29) is 18.1 Å². The molecule has 0 aromatic carbocycles. The fraction of sp³-hybridized carbons (Fsp3) is 0.917. The van der Waals surface area contributed by atoms with Crippen LogP contribution in [-0.4, -0.2) is 18.1 Å². The molecule has 1 unspecified atom stereocenters. The third-order valence-electron chi connectivity index (χ3n) is 3.49. The Balaban J connectivity index is 1.76. The number of ether oxygens (including phenoxy) is 1. The molecule has 1 atom stereocenters. The molecule has 0 aromatic heterocycles. The lowest BCUT2D eigenvalue weighted by Gasteiger charge is -2.18. The van der Waals surface area contributed by atoms with Gasteiger partial charge < -0.3 is 10.5 Å². The van der Waals surface area contributed by atoms with Gasteiger partial charge in [-0.05, 0) is 44.4 Å². The number of hydrogen-bond acceptors (Lipinski definition) is 3. The first-order valence-electron chi connectivity index (χ1n) is 6.23. The Kier molecular flexibility index (Phi) is 3.62. The van der Waals surface area contributed by atoms with Crippen molar-refractivity contribution in [2.45, 2.75) is 63.5 Å². The number of esters is 1. The van der Waals surface area contributed by atoms with Crippen LogP contribution in [0.15, 0.2) is 0 Å². The average molecular weight is 211 g/mol. The van der Waals surface area contributed by atoms with E-state index in [1.807, 2.05) is 0 Å². The lowest BCUT2D eigenvalue weighted by atomic mass is 10.1. The highest BCUT2D eigenvalue weighted by Crippen LogP contribution is 2.32. The molecule has 0 radical (unpaired) electrons. The standard InChI is InChI=1S/C12H21NO2/c13-11(9-7-8-9)12(14)15-10-5-3-1-2-4-6-10/h9-11H,1-8,13H2. The van der Waals surface area contributed by atoms with Crippen molar-refractivity contribution in [1.82, 2.24) is 0 Å². The van der Waals surface area contributed by atoms with Gasteiger partial charge in [0.05, 0.1) is 0 Å². The van der Waals surface area contributed by atoms with E-state index in [1.54, 1.807) is 0 Å². The molecule has 2 aliphatic rings. The Labute approximate surface area is 91.4 Å². The SMILES string of the molecule is NC(C(=O)OC1CCCCCC1)C1CC1. The maximum atomic E-state index is 11.7. The second kappa shape index (κ2) is 4.97. The molecule has 0 bridgehead atoms. The molecule has 86 valence electrons. The van der Waals surface area contributed by atoms with E-state index in [0.717, 1.165) is 25.7 Å². The molecule has 3 nitrogen and oxygen atoms in total. The van der Waals surface area contributed by atoms with E-state index < -0.39 is 0 Å². The second-order valence-corrected chi connectivity index (χ2v) is 4.91. The van der Waals surface area contributed by atoms with Crippen molar-refractivity contribution in [1.29, 1.82) is 0 Å². The second-order valence-electron chi connectivity index (χ2n) is 4.91. The van der Waals surface area contributed by atoms with Gasteiger partial charge in [-0.3, -0.25) is 4.79 Å². The van der Waals surface area contributed by atoms with Gasteiger partial charge in [-0.1, -0.05) is 12.8 Å². The molecule has 0 amide bonds. The summed E-state index contributed by atoms with van der Waals surface area (Å²) < 4.78 is 5.47. The minimum Gasteiger partial charge on any atom is -0.461 e. The summed E-state index contributed by atoms with van der Waals surface area (Å²) >= 11 is 0.